The summed E-state index contributed by atoms with van der Waals surface area (Å²) in [6.45, 7) is 2.54. The zero-order valence-corrected chi connectivity index (χ0v) is 9.15. The summed E-state index contributed by atoms with van der Waals surface area (Å²) in [6.07, 6.45) is 2.99. The molecule has 0 spiro atoms. The van der Waals surface area contributed by atoms with E-state index in [1.165, 1.54) is 5.56 Å². The van der Waals surface area contributed by atoms with Crippen molar-refractivity contribution in [3.8, 4) is 5.75 Å². The van der Waals surface area contributed by atoms with E-state index in [2.05, 4.69) is 13.0 Å². The van der Waals surface area contributed by atoms with E-state index in [-0.39, 0.29) is 6.10 Å². The van der Waals surface area contributed by atoms with Crippen LogP contribution in [0.3, 0.4) is 0 Å². The normalized spacial score (nSPS) is 17.5. The second kappa shape index (κ2) is 4.67. The second-order valence-electron chi connectivity index (χ2n) is 4.18. The molecule has 1 aromatic rings. The minimum absolute atomic E-state index is 0.282. The lowest BCUT2D eigenvalue weighted by atomic mass is 10.1. The van der Waals surface area contributed by atoms with Crippen molar-refractivity contribution in [2.75, 3.05) is 6.61 Å². The van der Waals surface area contributed by atoms with Gasteiger partial charge in [0.05, 0.1) is 6.10 Å². The van der Waals surface area contributed by atoms with Crippen molar-refractivity contribution in [1.29, 1.82) is 0 Å². The number of para-hydroxylation sites is 1. The fourth-order valence-electron chi connectivity index (χ4n) is 1.73. The molecule has 0 aromatic heterocycles. The molecule has 1 saturated carbocycles. The minimum atomic E-state index is -0.282. The third-order valence-electron chi connectivity index (χ3n) is 2.93. The lowest BCUT2D eigenvalue weighted by molar-refractivity contribution is 0.0890. The van der Waals surface area contributed by atoms with Gasteiger partial charge in [-0.2, -0.15) is 0 Å². The molecule has 1 unspecified atom stereocenters. The van der Waals surface area contributed by atoms with Gasteiger partial charge in [-0.25, -0.2) is 0 Å². The number of ether oxygens (including phenoxy) is 1. The van der Waals surface area contributed by atoms with Crippen LogP contribution >= 0.6 is 0 Å². The Balaban J connectivity index is 1.91. The highest BCUT2D eigenvalue weighted by Crippen LogP contribution is 2.33. The predicted octanol–water partition coefficient (Wildman–Crippen LogP) is 2.40. The number of hydrogen-bond acceptors (Lipinski definition) is 2. The lowest BCUT2D eigenvalue weighted by Gasteiger charge is -2.13. The van der Waals surface area contributed by atoms with Crippen LogP contribution in [0.15, 0.2) is 24.3 Å². The molecule has 2 heteroatoms. The summed E-state index contributed by atoms with van der Waals surface area (Å²) in [5, 5.41) is 9.69. The standard InChI is InChI=1S/C13H18O2/c1-2-10-5-3-4-6-13(10)15-9-12(14)11-7-8-11/h3-6,11-12,14H,2,7-9H2,1H3. The number of hydrogen-bond donors (Lipinski definition) is 1. The zero-order chi connectivity index (χ0) is 10.7. The minimum Gasteiger partial charge on any atom is -0.491 e. The topological polar surface area (TPSA) is 29.5 Å². The molecule has 1 N–H and O–H groups in total. The number of aliphatic hydroxyl groups is 1. The van der Waals surface area contributed by atoms with E-state index in [9.17, 15) is 5.11 Å². The zero-order valence-electron chi connectivity index (χ0n) is 9.15. The first-order valence-corrected chi connectivity index (χ1v) is 5.70. The Bertz CT molecular complexity index is 318. The summed E-state index contributed by atoms with van der Waals surface area (Å²) in [4.78, 5) is 0. The van der Waals surface area contributed by atoms with Gasteiger partial charge < -0.3 is 9.84 Å². The Morgan fingerprint density at radius 1 is 1.40 bits per heavy atom. The summed E-state index contributed by atoms with van der Waals surface area (Å²) in [7, 11) is 0. The molecule has 1 aliphatic carbocycles. The third kappa shape index (κ3) is 2.72. The van der Waals surface area contributed by atoms with Crippen LogP contribution in [0.4, 0.5) is 0 Å². The van der Waals surface area contributed by atoms with E-state index >= 15 is 0 Å². The molecular weight excluding hydrogens is 188 g/mol. The predicted molar refractivity (Wildman–Crippen MR) is 60.0 cm³/mol. The maximum atomic E-state index is 9.69. The van der Waals surface area contributed by atoms with Crippen LogP contribution in [0.25, 0.3) is 0 Å². The monoisotopic (exact) mass is 206 g/mol. The second-order valence-corrected chi connectivity index (χ2v) is 4.18. The van der Waals surface area contributed by atoms with Gasteiger partial charge in [0, 0.05) is 0 Å². The Morgan fingerprint density at radius 3 is 2.80 bits per heavy atom. The molecule has 1 aromatic carbocycles. The van der Waals surface area contributed by atoms with Crippen LogP contribution < -0.4 is 4.74 Å². The largest absolute Gasteiger partial charge is 0.491 e. The molecule has 0 radical (unpaired) electrons. The summed E-state index contributed by atoms with van der Waals surface area (Å²) in [6, 6.07) is 8.03. The average Bonchev–Trinajstić information content (AvgIpc) is 3.10. The fraction of sp³-hybridized carbons (Fsp3) is 0.538. The molecule has 15 heavy (non-hydrogen) atoms. The van der Waals surface area contributed by atoms with Gasteiger partial charge in [-0.1, -0.05) is 25.1 Å². The number of benzene rings is 1. The van der Waals surface area contributed by atoms with Crippen molar-refractivity contribution in [2.45, 2.75) is 32.3 Å². The quantitative estimate of drug-likeness (QED) is 0.801. The van der Waals surface area contributed by atoms with Gasteiger partial charge >= 0.3 is 0 Å². The van der Waals surface area contributed by atoms with Crippen LogP contribution in [0.5, 0.6) is 5.75 Å². The molecule has 82 valence electrons. The fourth-order valence-corrected chi connectivity index (χ4v) is 1.73. The Hall–Kier alpha value is -1.02. The van der Waals surface area contributed by atoms with Crippen molar-refractivity contribution in [3.63, 3.8) is 0 Å². The van der Waals surface area contributed by atoms with Crippen LogP contribution in [0.1, 0.15) is 25.3 Å². The van der Waals surface area contributed by atoms with Crippen molar-refractivity contribution in [3.05, 3.63) is 29.8 Å². The molecule has 0 bridgehead atoms. The van der Waals surface area contributed by atoms with Crippen LogP contribution in [-0.4, -0.2) is 17.8 Å². The molecule has 0 amide bonds. The SMILES string of the molecule is CCc1ccccc1OCC(O)C1CC1. The highest BCUT2D eigenvalue weighted by atomic mass is 16.5. The van der Waals surface area contributed by atoms with E-state index in [4.69, 9.17) is 4.74 Å². The van der Waals surface area contributed by atoms with E-state index in [1.807, 2.05) is 18.2 Å². The first-order valence-electron chi connectivity index (χ1n) is 5.70. The van der Waals surface area contributed by atoms with Gasteiger partial charge in [0.1, 0.15) is 12.4 Å². The van der Waals surface area contributed by atoms with Gasteiger partial charge in [-0.3, -0.25) is 0 Å². The van der Waals surface area contributed by atoms with Crippen molar-refractivity contribution < 1.29 is 9.84 Å². The molecule has 0 saturated heterocycles. The Morgan fingerprint density at radius 2 is 2.13 bits per heavy atom. The highest BCUT2D eigenvalue weighted by molar-refractivity contribution is 5.33. The molecule has 1 fully saturated rings. The highest BCUT2D eigenvalue weighted by Gasteiger charge is 2.30. The lowest BCUT2D eigenvalue weighted by Crippen LogP contribution is -2.19. The average molecular weight is 206 g/mol. The maximum absolute atomic E-state index is 9.69. The summed E-state index contributed by atoms with van der Waals surface area (Å²) >= 11 is 0. The third-order valence-corrected chi connectivity index (χ3v) is 2.93. The molecule has 1 aliphatic rings. The molecule has 0 aliphatic heterocycles. The summed E-state index contributed by atoms with van der Waals surface area (Å²) in [5.41, 5.74) is 1.21. The van der Waals surface area contributed by atoms with Crippen molar-refractivity contribution in [1.82, 2.24) is 0 Å². The Labute approximate surface area is 90.9 Å². The first-order chi connectivity index (χ1) is 7.31. The number of rotatable bonds is 5. The van der Waals surface area contributed by atoms with E-state index in [1.54, 1.807) is 0 Å². The van der Waals surface area contributed by atoms with Crippen LogP contribution in [0.2, 0.25) is 0 Å². The van der Waals surface area contributed by atoms with Crippen LogP contribution in [0, 0.1) is 5.92 Å². The molecule has 1 atom stereocenters. The molecular formula is C13H18O2. The van der Waals surface area contributed by atoms with Gasteiger partial charge in [-0.05, 0) is 36.8 Å². The maximum Gasteiger partial charge on any atom is 0.122 e. The van der Waals surface area contributed by atoms with Gasteiger partial charge in [0.2, 0.25) is 0 Å². The van der Waals surface area contributed by atoms with Crippen molar-refractivity contribution in [2.24, 2.45) is 5.92 Å². The summed E-state index contributed by atoms with van der Waals surface area (Å²) in [5.74, 6) is 1.40. The molecule has 2 nitrogen and oxygen atoms in total. The van der Waals surface area contributed by atoms with E-state index in [0.717, 1.165) is 25.0 Å². The van der Waals surface area contributed by atoms with Gasteiger partial charge in [0.15, 0.2) is 0 Å². The van der Waals surface area contributed by atoms with Crippen molar-refractivity contribution >= 4 is 0 Å². The summed E-state index contributed by atoms with van der Waals surface area (Å²) < 4.78 is 5.64. The van der Waals surface area contributed by atoms with Gasteiger partial charge in [0.25, 0.3) is 0 Å². The number of aliphatic hydroxyl groups excluding tert-OH is 1. The Kier molecular flexibility index (Phi) is 3.27. The van der Waals surface area contributed by atoms with E-state index < -0.39 is 0 Å². The smallest absolute Gasteiger partial charge is 0.122 e. The number of aryl methyl sites for hydroxylation is 1. The first kappa shape index (κ1) is 10.5. The molecule has 2 rings (SSSR count). The van der Waals surface area contributed by atoms with Crippen LogP contribution in [-0.2, 0) is 6.42 Å². The van der Waals surface area contributed by atoms with Gasteiger partial charge in [-0.15, -0.1) is 0 Å². The van der Waals surface area contributed by atoms with E-state index in [0.29, 0.717) is 12.5 Å². The molecule has 0 heterocycles.